The first kappa shape index (κ1) is 25.5. The highest BCUT2D eigenvalue weighted by atomic mass is 32.1. The second-order valence-corrected chi connectivity index (χ2v) is 10.9. The minimum Gasteiger partial charge on any atom is -0.352 e. The normalized spacial score (nSPS) is 20.2. The van der Waals surface area contributed by atoms with Gasteiger partial charge in [0.25, 0.3) is 0 Å². The molecule has 2 aliphatic rings. The van der Waals surface area contributed by atoms with Crippen molar-refractivity contribution in [2.75, 3.05) is 11.9 Å². The summed E-state index contributed by atoms with van der Waals surface area (Å²) >= 11 is 5.85. The summed E-state index contributed by atoms with van der Waals surface area (Å²) in [6.45, 7) is 7.03. The van der Waals surface area contributed by atoms with Crippen LogP contribution in [0.2, 0.25) is 0 Å². The second-order valence-electron chi connectivity index (χ2n) is 10.5. The van der Waals surface area contributed by atoms with Crippen LogP contribution in [0.15, 0.2) is 54.7 Å². The number of nitrogens with zero attached hydrogens (tertiary/aromatic N) is 3. The van der Waals surface area contributed by atoms with Gasteiger partial charge in [-0.1, -0.05) is 37.5 Å². The molecule has 2 atom stereocenters. The molecule has 3 aromatic rings. The Hall–Kier alpha value is -3.19. The Morgan fingerprint density at radius 1 is 1.08 bits per heavy atom. The van der Waals surface area contributed by atoms with E-state index >= 15 is 0 Å². The van der Waals surface area contributed by atoms with Gasteiger partial charge in [-0.15, -0.1) is 0 Å². The number of carbonyl (C=O) groups is 1. The molecule has 2 fully saturated rings. The van der Waals surface area contributed by atoms with Crippen LogP contribution < -0.4 is 10.6 Å². The van der Waals surface area contributed by atoms with Gasteiger partial charge < -0.3 is 20.1 Å². The Morgan fingerprint density at radius 2 is 1.89 bits per heavy atom. The lowest BCUT2D eigenvalue weighted by Crippen LogP contribution is -2.33. The van der Waals surface area contributed by atoms with E-state index in [9.17, 15) is 4.79 Å². The molecular weight excluding hydrogens is 478 g/mol. The maximum Gasteiger partial charge on any atom is 0.226 e. The number of anilines is 1. The molecule has 1 saturated heterocycles. The van der Waals surface area contributed by atoms with E-state index in [0.29, 0.717) is 24.1 Å². The lowest BCUT2D eigenvalue weighted by atomic mass is 9.94. The number of rotatable bonds is 7. The highest BCUT2D eigenvalue weighted by Crippen LogP contribution is 2.42. The molecule has 7 heteroatoms. The number of hydrogen-bond acceptors (Lipinski definition) is 3. The number of carbonyl (C=O) groups excluding carboxylic acids is 1. The van der Waals surface area contributed by atoms with E-state index in [1.54, 1.807) is 0 Å². The van der Waals surface area contributed by atoms with Crippen molar-refractivity contribution in [1.29, 1.82) is 0 Å². The van der Waals surface area contributed by atoms with Gasteiger partial charge in [0, 0.05) is 42.3 Å². The summed E-state index contributed by atoms with van der Waals surface area (Å²) in [5.74, 6) is -0.0129. The van der Waals surface area contributed by atoms with Crippen LogP contribution in [0, 0.1) is 20.8 Å². The smallest absolute Gasteiger partial charge is 0.226 e. The molecule has 194 valence electrons. The number of aryl methyl sites for hydroxylation is 2. The molecule has 1 aromatic carbocycles. The highest BCUT2D eigenvalue weighted by Gasteiger charge is 2.41. The fraction of sp³-hybridized carbons (Fsp3) is 0.433. The number of pyridine rings is 1. The SMILES string of the molecule is Cc1cccc(NC(=O)CCN2C(=S)N[C@@H](c3ccccn3)[C@@H]2c2cc(C)n(C3CCCCC3)c2C)c1. The third-order valence-corrected chi connectivity index (χ3v) is 8.21. The monoisotopic (exact) mass is 515 g/mol. The van der Waals surface area contributed by atoms with Crippen molar-refractivity contribution in [3.63, 3.8) is 0 Å². The molecule has 1 aliphatic heterocycles. The van der Waals surface area contributed by atoms with Crippen LogP contribution in [0.5, 0.6) is 0 Å². The van der Waals surface area contributed by atoms with Crippen LogP contribution in [0.3, 0.4) is 0 Å². The van der Waals surface area contributed by atoms with Crippen LogP contribution in [-0.2, 0) is 4.79 Å². The Labute approximate surface area is 225 Å². The summed E-state index contributed by atoms with van der Waals surface area (Å²) in [5, 5.41) is 7.25. The van der Waals surface area contributed by atoms with E-state index in [0.717, 1.165) is 16.9 Å². The average molecular weight is 516 g/mol. The maximum absolute atomic E-state index is 12.9. The predicted molar refractivity (Wildman–Crippen MR) is 153 cm³/mol. The van der Waals surface area contributed by atoms with Crippen molar-refractivity contribution in [2.45, 2.75) is 77.4 Å². The molecule has 6 nitrogen and oxygen atoms in total. The molecule has 0 bridgehead atoms. The molecule has 0 spiro atoms. The topological polar surface area (TPSA) is 62.2 Å². The number of hydrogen-bond donors (Lipinski definition) is 2. The summed E-state index contributed by atoms with van der Waals surface area (Å²) in [6, 6.07) is 16.7. The minimum absolute atomic E-state index is 0.0129. The van der Waals surface area contributed by atoms with Crippen molar-refractivity contribution in [1.82, 2.24) is 19.8 Å². The number of amides is 1. The summed E-state index contributed by atoms with van der Waals surface area (Å²) in [7, 11) is 0. The van der Waals surface area contributed by atoms with E-state index in [-0.39, 0.29) is 18.0 Å². The zero-order valence-electron chi connectivity index (χ0n) is 22.0. The van der Waals surface area contributed by atoms with Crippen molar-refractivity contribution in [2.24, 2.45) is 0 Å². The molecule has 2 N–H and O–H groups in total. The maximum atomic E-state index is 12.9. The third kappa shape index (κ3) is 5.42. The molecule has 1 aliphatic carbocycles. The minimum atomic E-state index is -0.0751. The van der Waals surface area contributed by atoms with Crippen LogP contribution in [0.1, 0.15) is 84.9 Å². The Balaban J connectivity index is 1.43. The Kier molecular flexibility index (Phi) is 7.60. The fourth-order valence-electron chi connectivity index (χ4n) is 6.16. The van der Waals surface area contributed by atoms with Gasteiger partial charge in [0.1, 0.15) is 0 Å². The van der Waals surface area contributed by atoms with Crippen LogP contribution in [0.25, 0.3) is 0 Å². The number of aromatic nitrogens is 2. The van der Waals surface area contributed by atoms with Gasteiger partial charge in [-0.2, -0.15) is 0 Å². The molecule has 3 heterocycles. The molecule has 1 amide bonds. The lowest BCUT2D eigenvalue weighted by molar-refractivity contribution is -0.116. The van der Waals surface area contributed by atoms with Crippen molar-refractivity contribution < 1.29 is 4.79 Å². The number of thiocarbonyl (C=S) groups is 1. The van der Waals surface area contributed by atoms with E-state index in [4.69, 9.17) is 12.2 Å². The lowest BCUT2D eigenvalue weighted by Gasteiger charge is -2.29. The first-order valence-electron chi connectivity index (χ1n) is 13.5. The molecule has 5 rings (SSSR count). The summed E-state index contributed by atoms with van der Waals surface area (Å²) in [6.07, 6.45) is 8.59. The number of benzene rings is 1. The molecule has 1 saturated carbocycles. The average Bonchev–Trinajstić information content (AvgIpc) is 3.38. The Morgan fingerprint density at radius 3 is 2.62 bits per heavy atom. The largest absolute Gasteiger partial charge is 0.352 e. The van der Waals surface area contributed by atoms with Gasteiger partial charge in [-0.05, 0) is 87.3 Å². The third-order valence-electron chi connectivity index (χ3n) is 7.86. The summed E-state index contributed by atoms with van der Waals surface area (Å²) < 4.78 is 2.55. The summed E-state index contributed by atoms with van der Waals surface area (Å²) in [5.41, 5.74) is 6.78. The first-order chi connectivity index (χ1) is 17.9. The van der Waals surface area contributed by atoms with Crippen molar-refractivity contribution >= 4 is 28.9 Å². The predicted octanol–water partition coefficient (Wildman–Crippen LogP) is 6.31. The van der Waals surface area contributed by atoms with Gasteiger partial charge in [0.05, 0.1) is 17.8 Å². The zero-order chi connectivity index (χ0) is 25.9. The van der Waals surface area contributed by atoms with Gasteiger partial charge >= 0.3 is 0 Å². The van der Waals surface area contributed by atoms with E-state index < -0.39 is 0 Å². The van der Waals surface area contributed by atoms with Gasteiger partial charge in [0.15, 0.2) is 5.11 Å². The first-order valence-corrected chi connectivity index (χ1v) is 13.9. The molecule has 37 heavy (non-hydrogen) atoms. The highest BCUT2D eigenvalue weighted by molar-refractivity contribution is 7.80. The van der Waals surface area contributed by atoms with E-state index in [1.165, 1.54) is 49.1 Å². The zero-order valence-corrected chi connectivity index (χ0v) is 22.9. The molecule has 0 radical (unpaired) electrons. The fourth-order valence-corrected chi connectivity index (χ4v) is 6.49. The van der Waals surface area contributed by atoms with Gasteiger partial charge in [0.2, 0.25) is 5.91 Å². The van der Waals surface area contributed by atoms with Crippen LogP contribution in [0.4, 0.5) is 5.69 Å². The van der Waals surface area contributed by atoms with Crippen LogP contribution >= 0.6 is 12.2 Å². The van der Waals surface area contributed by atoms with Crippen molar-refractivity contribution in [3.05, 3.63) is 82.9 Å². The molecular formula is C30H37N5OS. The molecule has 2 aromatic heterocycles. The molecule has 0 unspecified atom stereocenters. The van der Waals surface area contributed by atoms with E-state index in [1.807, 2.05) is 49.5 Å². The number of nitrogens with one attached hydrogen (secondary N) is 2. The van der Waals surface area contributed by atoms with E-state index in [2.05, 4.69) is 51.1 Å². The standard InChI is InChI=1S/C30H37N5OS/c1-20-10-9-11-23(18-20)32-27(36)15-17-34-29(28(33-30(34)37)26-14-7-8-16-31-26)25-19-21(2)35(22(25)3)24-12-5-4-6-13-24/h7-11,14,16,18-19,24,28-29H,4-6,12-13,15,17H2,1-3H3,(H,32,36)(H,33,37)/t28-,29-/m0/s1. The second kappa shape index (κ2) is 11.1. The van der Waals surface area contributed by atoms with Gasteiger partial charge in [-0.3, -0.25) is 9.78 Å². The van der Waals surface area contributed by atoms with Crippen molar-refractivity contribution in [3.8, 4) is 0 Å². The van der Waals surface area contributed by atoms with Crippen LogP contribution in [-0.4, -0.2) is 32.0 Å². The Bertz CT molecular complexity index is 1260. The van der Waals surface area contributed by atoms with Gasteiger partial charge in [-0.25, -0.2) is 0 Å². The summed E-state index contributed by atoms with van der Waals surface area (Å²) in [4.78, 5) is 19.8. The quantitative estimate of drug-likeness (QED) is 0.361.